The molecule has 0 fully saturated rings. The van der Waals surface area contributed by atoms with Crippen molar-refractivity contribution >= 4 is 0 Å². The van der Waals surface area contributed by atoms with Crippen LogP contribution in [0.25, 0.3) is 0 Å². The van der Waals surface area contributed by atoms with Crippen molar-refractivity contribution in [2.45, 2.75) is 116 Å². The molecule has 0 spiro atoms. The second-order valence-corrected chi connectivity index (χ2v) is 6.09. The topological polar surface area (TPSA) is 0 Å². The first kappa shape index (κ1) is 19.0. The van der Waals surface area contributed by atoms with E-state index in [0.717, 1.165) is 6.42 Å². The van der Waals surface area contributed by atoms with Crippen molar-refractivity contribution in [2.75, 3.05) is 0 Å². The minimum atomic E-state index is 0.873. The Hall–Kier alpha value is 0. The predicted molar refractivity (Wildman–Crippen MR) is 88.5 cm³/mol. The highest BCUT2D eigenvalue weighted by Gasteiger charge is 1.94. The third kappa shape index (κ3) is 18.0. The van der Waals surface area contributed by atoms with Crippen LogP contribution in [0.15, 0.2) is 0 Å². The Labute approximate surface area is 123 Å². The van der Waals surface area contributed by atoms with Crippen LogP contribution in [-0.2, 0) is 0 Å². The predicted octanol–water partition coefficient (Wildman–Crippen LogP) is 7.35. The van der Waals surface area contributed by atoms with E-state index in [0.29, 0.717) is 0 Å². The van der Waals surface area contributed by atoms with Crippen molar-refractivity contribution in [1.29, 1.82) is 0 Å². The van der Waals surface area contributed by atoms with E-state index in [2.05, 4.69) is 6.92 Å². The van der Waals surface area contributed by atoms with E-state index in [-0.39, 0.29) is 0 Å². The molecule has 0 heterocycles. The first-order valence-electron chi connectivity index (χ1n) is 9.12. The molecule has 0 unspecified atom stereocenters. The summed E-state index contributed by atoms with van der Waals surface area (Å²) in [6.07, 6.45) is 23.7. The maximum Gasteiger partial charge on any atom is -0.0352 e. The normalized spacial score (nSPS) is 11.1. The molecule has 0 bridgehead atoms. The van der Waals surface area contributed by atoms with E-state index in [1.54, 1.807) is 0 Å². The molecule has 0 heteroatoms. The summed E-state index contributed by atoms with van der Waals surface area (Å²) in [5, 5.41) is 0. The van der Waals surface area contributed by atoms with Crippen LogP contribution >= 0.6 is 0 Å². The highest BCUT2D eigenvalue weighted by atomic mass is 14.0. The van der Waals surface area contributed by atoms with Gasteiger partial charge in [-0.25, -0.2) is 0 Å². The Morgan fingerprint density at radius 2 is 0.684 bits per heavy atom. The van der Waals surface area contributed by atoms with Gasteiger partial charge in [0.15, 0.2) is 0 Å². The summed E-state index contributed by atoms with van der Waals surface area (Å²) in [4.78, 5) is 0. The van der Waals surface area contributed by atoms with E-state index in [9.17, 15) is 0 Å². The molecule has 0 nitrogen and oxygen atoms in total. The molecule has 0 aromatic carbocycles. The van der Waals surface area contributed by atoms with Crippen LogP contribution in [0, 0.1) is 6.92 Å². The second kappa shape index (κ2) is 18.0. The van der Waals surface area contributed by atoms with Gasteiger partial charge in [-0.2, -0.15) is 0 Å². The van der Waals surface area contributed by atoms with Crippen molar-refractivity contribution in [3.63, 3.8) is 0 Å². The highest BCUT2D eigenvalue weighted by molar-refractivity contribution is 4.50. The Morgan fingerprint density at radius 3 is 0.947 bits per heavy atom. The summed E-state index contributed by atoms with van der Waals surface area (Å²) < 4.78 is 0. The zero-order valence-corrected chi connectivity index (χ0v) is 13.6. The third-order valence-electron chi connectivity index (χ3n) is 4.06. The SMILES string of the molecule is [CH]CCCCCCCCCCCCCCCCCC. The standard InChI is InChI=1S/C19H38/c1-3-5-7-9-11-13-15-17-19-18-16-14-12-10-8-6-4-2/h1H,3-19H2,2H3. The van der Waals surface area contributed by atoms with Crippen molar-refractivity contribution in [3.8, 4) is 0 Å². The number of hydrogen-bond donors (Lipinski definition) is 0. The number of rotatable bonds is 16. The fourth-order valence-electron chi connectivity index (χ4n) is 2.69. The van der Waals surface area contributed by atoms with Gasteiger partial charge in [0.25, 0.3) is 0 Å². The second-order valence-electron chi connectivity index (χ2n) is 6.09. The van der Waals surface area contributed by atoms with Gasteiger partial charge in [-0.05, 0) is 13.3 Å². The molecular weight excluding hydrogens is 228 g/mol. The van der Waals surface area contributed by atoms with Gasteiger partial charge in [0.05, 0.1) is 0 Å². The van der Waals surface area contributed by atoms with Gasteiger partial charge in [-0.15, -0.1) is 0 Å². The molecule has 0 aromatic heterocycles. The molecule has 114 valence electrons. The Morgan fingerprint density at radius 1 is 0.421 bits per heavy atom. The van der Waals surface area contributed by atoms with Crippen LogP contribution in [0.3, 0.4) is 0 Å². The molecule has 0 aliphatic heterocycles. The third-order valence-corrected chi connectivity index (χ3v) is 4.06. The maximum absolute atomic E-state index is 5.48. The molecule has 19 heavy (non-hydrogen) atoms. The summed E-state index contributed by atoms with van der Waals surface area (Å²) in [7, 11) is 0. The zero-order valence-electron chi connectivity index (χ0n) is 13.6. The molecule has 0 rings (SSSR count). The molecule has 0 amide bonds. The minimum absolute atomic E-state index is 0.873. The average Bonchev–Trinajstić information content (AvgIpc) is 2.43. The van der Waals surface area contributed by atoms with Crippen molar-refractivity contribution in [3.05, 3.63) is 6.92 Å². The lowest BCUT2D eigenvalue weighted by Gasteiger charge is -2.03. The lowest BCUT2D eigenvalue weighted by atomic mass is 10.0. The van der Waals surface area contributed by atoms with E-state index >= 15 is 0 Å². The maximum atomic E-state index is 5.48. The van der Waals surface area contributed by atoms with Crippen molar-refractivity contribution in [2.24, 2.45) is 0 Å². The van der Waals surface area contributed by atoms with Crippen LogP contribution < -0.4 is 0 Å². The van der Waals surface area contributed by atoms with Crippen LogP contribution in [0.5, 0.6) is 0 Å². The van der Waals surface area contributed by atoms with Gasteiger partial charge < -0.3 is 0 Å². The fourth-order valence-corrected chi connectivity index (χ4v) is 2.69. The zero-order chi connectivity index (χ0) is 14.0. The Kier molecular flexibility index (Phi) is 18.0. The first-order valence-corrected chi connectivity index (χ1v) is 9.12. The summed E-state index contributed by atoms with van der Waals surface area (Å²) >= 11 is 0. The molecule has 0 N–H and O–H groups in total. The summed E-state index contributed by atoms with van der Waals surface area (Å²) in [5.74, 6) is 0. The molecular formula is C19H38. The van der Waals surface area contributed by atoms with Gasteiger partial charge >= 0.3 is 0 Å². The van der Waals surface area contributed by atoms with Gasteiger partial charge in [-0.3, -0.25) is 0 Å². The van der Waals surface area contributed by atoms with Gasteiger partial charge in [0.2, 0.25) is 0 Å². The van der Waals surface area contributed by atoms with E-state index < -0.39 is 0 Å². The smallest absolute Gasteiger partial charge is 0.0352 e. The molecule has 0 saturated carbocycles. The largest absolute Gasteiger partial charge is 0.0654 e. The molecule has 0 atom stereocenters. The lowest BCUT2D eigenvalue weighted by Crippen LogP contribution is -1.83. The van der Waals surface area contributed by atoms with Crippen LogP contribution in [0.2, 0.25) is 0 Å². The Bertz CT molecular complexity index is 123. The number of hydrogen-bond acceptors (Lipinski definition) is 0. The lowest BCUT2D eigenvalue weighted by molar-refractivity contribution is 0.530. The molecule has 0 aliphatic rings. The molecule has 0 aliphatic carbocycles. The highest BCUT2D eigenvalue weighted by Crippen LogP contribution is 2.13. The van der Waals surface area contributed by atoms with Crippen molar-refractivity contribution < 1.29 is 0 Å². The monoisotopic (exact) mass is 266 g/mol. The quantitative estimate of drug-likeness (QED) is 0.256. The van der Waals surface area contributed by atoms with Crippen LogP contribution in [0.1, 0.15) is 116 Å². The van der Waals surface area contributed by atoms with Gasteiger partial charge in [0, 0.05) is 0 Å². The van der Waals surface area contributed by atoms with Gasteiger partial charge in [-0.1, -0.05) is 110 Å². The van der Waals surface area contributed by atoms with E-state index in [1.807, 2.05) is 0 Å². The summed E-state index contributed by atoms with van der Waals surface area (Å²) in [5.41, 5.74) is 0. The minimum Gasteiger partial charge on any atom is -0.0654 e. The summed E-state index contributed by atoms with van der Waals surface area (Å²) in [6, 6.07) is 0. The van der Waals surface area contributed by atoms with Crippen LogP contribution in [0.4, 0.5) is 0 Å². The first-order chi connectivity index (χ1) is 9.41. The molecule has 0 saturated heterocycles. The van der Waals surface area contributed by atoms with Crippen LogP contribution in [-0.4, -0.2) is 0 Å². The Balaban J connectivity index is 2.88. The van der Waals surface area contributed by atoms with E-state index in [4.69, 9.17) is 6.92 Å². The van der Waals surface area contributed by atoms with Gasteiger partial charge in [0.1, 0.15) is 0 Å². The van der Waals surface area contributed by atoms with Crippen molar-refractivity contribution in [1.82, 2.24) is 0 Å². The number of unbranched alkanes of at least 4 members (excludes halogenated alkanes) is 16. The molecule has 0 aromatic rings. The molecule has 2 radical (unpaired) electrons. The fraction of sp³-hybridized carbons (Fsp3) is 0.947. The average molecular weight is 267 g/mol. The summed E-state index contributed by atoms with van der Waals surface area (Å²) in [6.45, 7) is 7.77. The van der Waals surface area contributed by atoms with E-state index in [1.165, 1.54) is 103 Å².